The second kappa shape index (κ2) is 11.7. The SMILES string of the molecule is CCOC(=O)c1cc(-c2ccc(C)cc2)cc(-c2ccccc2)[n+]1-c1ccc(C)cc1.F[B-](F)(F)F. The summed E-state index contributed by atoms with van der Waals surface area (Å²) in [6.07, 6.45) is 0. The highest BCUT2D eigenvalue weighted by Gasteiger charge is 2.29. The average Bonchev–Trinajstić information content (AvgIpc) is 2.84. The summed E-state index contributed by atoms with van der Waals surface area (Å²) in [5.41, 5.74) is 7.79. The van der Waals surface area contributed by atoms with Crippen LogP contribution in [0.2, 0.25) is 0 Å². The molecule has 8 heteroatoms. The molecule has 0 fully saturated rings. The number of aryl methyl sites for hydroxylation is 2. The van der Waals surface area contributed by atoms with Crippen LogP contribution < -0.4 is 4.57 Å². The first-order chi connectivity index (χ1) is 17.1. The van der Waals surface area contributed by atoms with Crippen LogP contribution >= 0.6 is 0 Å². The molecule has 36 heavy (non-hydrogen) atoms. The number of benzene rings is 3. The Hall–Kier alpha value is -3.94. The molecule has 186 valence electrons. The van der Waals surface area contributed by atoms with E-state index in [0.717, 1.165) is 28.1 Å². The van der Waals surface area contributed by atoms with Gasteiger partial charge in [-0.1, -0.05) is 65.7 Å². The summed E-state index contributed by atoms with van der Waals surface area (Å²) in [5, 5.41) is 0. The van der Waals surface area contributed by atoms with Gasteiger partial charge in [0, 0.05) is 29.8 Å². The highest BCUT2D eigenvalue weighted by Crippen LogP contribution is 2.27. The lowest BCUT2D eigenvalue weighted by Gasteiger charge is -2.12. The molecular weight excluding hydrogens is 469 g/mol. The van der Waals surface area contributed by atoms with E-state index in [-0.39, 0.29) is 5.97 Å². The third-order valence-electron chi connectivity index (χ3n) is 5.30. The largest absolute Gasteiger partial charge is 0.673 e. The molecule has 3 aromatic carbocycles. The molecule has 0 N–H and O–H groups in total. The Kier molecular flexibility index (Phi) is 8.64. The zero-order valence-electron chi connectivity index (χ0n) is 20.2. The smallest absolute Gasteiger partial charge is 0.458 e. The van der Waals surface area contributed by atoms with Gasteiger partial charge in [-0.25, -0.2) is 4.79 Å². The van der Waals surface area contributed by atoms with E-state index >= 15 is 0 Å². The number of nitrogens with zero attached hydrogens (tertiary/aromatic N) is 1. The number of ether oxygens (including phenoxy) is 1. The maximum atomic E-state index is 13.1. The number of rotatable bonds is 5. The maximum Gasteiger partial charge on any atom is 0.673 e. The quantitative estimate of drug-likeness (QED) is 0.125. The fraction of sp³-hybridized carbons (Fsp3) is 0.143. The second-order valence-corrected chi connectivity index (χ2v) is 8.13. The van der Waals surface area contributed by atoms with Crippen LogP contribution in [0.15, 0.2) is 91.0 Å². The van der Waals surface area contributed by atoms with Crippen LogP contribution in [0.5, 0.6) is 0 Å². The lowest BCUT2D eigenvalue weighted by Crippen LogP contribution is -2.41. The highest BCUT2D eigenvalue weighted by atomic mass is 19.5. The average molecular weight is 495 g/mol. The van der Waals surface area contributed by atoms with Gasteiger partial charge in [0.2, 0.25) is 11.4 Å². The van der Waals surface area contributed by atoms with Crippen LogP contribution in [0.1, 0.15) is 28.5 Å². The Morgan fingerprint density at radius 1 is 0.750 bits per heavy atom. The number of hydrogen-bond donors (Lipinski definition) is 0. The minimum Gasteiger partial charge on any atom is -0.458 e. The van der Waals surface area contributed by atoms with E-state index in [2.05, 4.69) is 68.4 Å². The summed E-state index contributed by atoms with van der Waals surface area (Å²) in [4.78, 5) is 13.1. The third-order valence-corrected chi connectivity index (χ3v) is 5.30. The summed E-state index contributed by atoms with van der Waals surface area (Å²) < 4.78 is 46.4. The number of aromatic nitrogens is 1. The van der Waals surface area contributed by atoms with Gasteiger partial charge in [0.05, 0.1) is 6.61 Å². The van der Waals surface area contributed by atoms with Gasteiger partial charge in [-0.2, -0.15) is 0 Å². The first kappa shape index (κ1) is 26.7. The number of hydrogen-bond acceptors (Lipinski definition) is 2. The van der Waals surface area contributed by atoms with Crippen LogP contribution in [0.3, 0.4) is 0 Å². The van der Waals surface area contributed by atoms with E-state index in [1.807, 2.05) is 47.9 Å². The molecule has 4 rings (SSSR count). The molecule has 0 bridgehead atoms. The molecule has 0 unspecified atom stereocenters. The number of halogens is 4. The van der Waals surface area contributed by atoms with Crippen LogP contribution in [-0.4, -0.2) is 19.8 Å². The highest BCUT2D eigenvalue weighted by molar-refractivity contribution is 6.50. The fourth-order valence-corrected chi connectivity index (χ4v) is 3.66. The third kappa shape index (κ3) is 7.28. The molecular formula is C28H26BF4NO2. The van der Waals surface area contributed by atoms with Crippen molar-refractivity contribution in [2.75, 3.05) is 6.61 Å². The Morgan fingerprint density at radius 2 is 1.28 bits per heavy atom. The Labute approximate surface area is 208 Å². The molecule has 0 amide bonds. The molecule has 0 saturated carbocycles. The van der Waals surface area contributed by atoms with Crippen LogP contribution in [0.25, 0.3) is 28.1 Å². The normalized spacial score (nSPS) is 10.9. The van der Waals surface area contributed by atoms with Gasteiger partial charge in [0.1, 0.15) is 0 Å². The van der Waals surface area contributed by atoms with E-state index in [1.165, 1.54) is 11.1 Å². The van der Waals surface area contributed by atoms with Gasteiger partial charge in [-0.05, 0) is 44.0 Å². The van der Waals surface area contributed by atoms with Gasteiger partial charge in [0.25, 0.3) is 5.69 Å². The Bertz CT molecular complexity index is 1300. The molecule has 0 aliphatic heterocycles. The summed E-state index contributed by atoms with van der Waals surface area (Å²) >= 11 is 0. The Morgan fingerprint density at radius 3 is 1.81 bits per heavy atom. The Balaban J connectivity index is 0.000000658. The number of pyridine rings is 1. The van der Waals surface area contributed by atoms with Gasteiger partial charge >= 0.3 is 13.2 Å². The van der Waals surface area contributed by atoms with Crippen molar-refractivity contribution in [2.24, 2.45) is 0 Å². The first-order valence-electron chi connectivity index (χ1n) is 11.4. The first-order valence-corrected chi connectivity index (χ1v) is 11.4. The fourth-order valence-electron chi connectivity index (χ4n) is 3.66. The molecule has 1 heterocycles. The van der Waals surface area contributed by atoms with Crippen molar-refractivity contribution in [3.63, 3.8) is 0 Å². The second-order valence-electron chi connectivity index (χ2n) is 8.13. The zero-order valence-corrected chi connectivity index (χ0v) is 20.2. The predicted octanol–water partition coefficient (Wildman–Crippen LogP) is 7.39. The van der Waals surface area contributed by atoms with E-state index in [4.69, 9.17) is 4.74 Å². The minimum atomic E-state index is -6.00. The lowest BCUT2D eigenvalue weighted by atomic mass is 10.00. The molecule has 4 aromatic rings. The monoisotopic (exact) mass is 495 g/mol. The standard InChI is InChI=1S/C28H26NO2.BF4/c1-4-31-28(30)27-19-24(22-14-10-20(2)11-15-22)18-26(23-8-6-5-7-9-23)29(27)25-16-12-21(3)13-17-25;2-1(3,4)5/h5-19H,4H2,1-3H3;/q+1;-1. The van der Waals surface area contributed by atoms with Gasteiger partial charge < -0.3 is 22.0 Å². The van der Waals surface area contributed by atoms with Crippen molar-refractivity contribution in [1.29, 1.82) is 0 Å². The van der Waals surface area contributed by atoms with Gasteiger partial charge in [0.15, 0.2) is 0 Å². The molecule has 0 radical (unpaired) electrons. The maximum absolute atomic E-state index is 13.1. The van der Waals surface area contributed by atoms with E-state index in [0.29, 0.717) is 12.3 Å². The molecule has 0 aliphatic carbocycles. The molecule has 0 saturated heterocycles. The van der Waals surface area contributed by atoms with Crippen LogP contribution in [-0.2, 0) is 4.74 Å². The van der Waals surface area contributed by atoms with Crippen molar-refractivity contribution >= 4 is 13.2 Å². The summed E-state index contributed by atoms with van der Waals surface area (Å²) in [5.74, 6) is -0.339. The van der Waals surface area contributed by atoms with Crippen LogP contribution in [0, 0.1) is 13.8 Å². The van der Waals surface area contributed by atoms with E-state index in [1.54, 1.807) is 0 Å². The van der Waals surface area contributed by atoms with E-state index < -0.39 is 7.25 Å². The van der Waals surface area contributed by atoms with Crippen molar-refractivity contribution < 1.29 is 31.4 Å². The van der Waals surface area contributed by atoms with Gasteiger partial charge in [-0.3, -0.25) is 0 Å². The summed E-state index contributed by atoms with van der Waals surface area (Å²) in [6.45, 7) is 6.27. The lowest BCUT2D eigenvalue weighted by molar-refractivity contribution is -0.587. The molecule has 1 aromatic heterocycles. The van der Waals surface area contributed by atoms with Crippen molar-refractivity contribution in [2.45, 2.75) is 20.8 Å². The number of carbonyl (C=O) groups is 1. The van der Waals surface area contributed by atoms with Gasteiger partial charge in [-0.15, -0.1) is 4.57 Å². The van der Waals surface area contributed by atoms with Crippen molar-refractivity contribution in [1.82, 2.24) is 0 Å². The predicted molar refractivity (Wildman–Crippen MR) is 134 cm³/mol. The zero-order chi connectivity index (χ0) is 26.3. The van der Waals surface area contributed by atoms with Crippen molar-refractivity contribution in [3.05, 3.63) is 108 Å². The topological polar surface area (TPSA) is 30.2 Å². The van der Waals surface area contributed by atoms with Crippen LogP contribution in [0.4, 0.5) is 17.3 Å². The minimum absolute atomic E-state index is 0.322. The van der Waals surface area contributed by atoms with Crippen molar-refractivity contribution in [3.8, 4) is 28.1 Å². The number of carbonyl (C=O) groups excluding carboxylic acids is 1. The number of esters is 1. The summed E-state index contributed by atoms with van der Waals surface area (Å²) in [7, 11) is -6.00. The summed E-state index contributed by atoms with van der Waals surface area (Å²) in [6, 6.07) is 30.7. The molecule has 0 spiro atoms. The van der Waals surface area contributed by atoms with E-state index in [9.17, 15) is 22.1 Å². The molecule has 0 atom stereocenters. The molecule has 3 nitrogen and oxygen atoms in total. The molecule has 0 aliphatic rings.